The molecule has 132 valence electrons. The molecule has 5 nitrogen and oxygen atoms in total. The third-order valence-corrected chi connectivity index (χ3v) is 6.28. The highest BCUT2D eigenvalue weighted by atomic mass is 16.5. The van der Waals surface area contributed by atoms with Gasteiger partial charge in [0.05, 0.1) is 5.41 Å². The monoisotopic (exact) mass is 339 g/mol. The Kier molecular flexibility index (Phi) is 3.86. The van der Waals surface area contributed by atoms with Crippen molar-refractivity contribution in [3.63, 3.8) is 0 Å². The van der Waals surface area contributed by atoms with Crippen molar-refractivity contribution in [1.82, 2.24) is 15.0 Å². The van der Waals surface area contributed by atoms with Gasteiger partial charge in [-0.15, -0.1) is 0 Å². The first-order chi connectivity index (χ1) is 12.3. The van der Waals surface area contributed by atoms with E-state index in [0.29, 0.717) is 5.92 Å². The second kappa shape index (κ2) is 6.22. The Balaban J connectivity index is 1.37. The Bertz CT molecular complexity index is 726. The molecule has 1 aliphatic carbocycles. The highest BCUT2D eigenvalue weighted by molar-refractivity contribution is 5.20. The summed E-state index contributed by atoms with van der Waals surface area (Å²) in [6.45, 7) is 3.98. The van der Waals surface area contributed by atoms with Crippen LogP contribution in [0, 0.1) is 5.92 Å². The van der Waals surface area contributed by atoms with Crippen LogP contribution in [0.25, 0.3) is 0 Å². The number of hydrogen-bond donors (Lipinski definition) is 0. The second-order valence-electron chi connectivity index (χ2n) is 7.86. The van der Waals surface area contributed by atoms with Gasteiger partial charge < -0.3 is 9.26 Å². The first-order valence-corrected chi connectivity index (χ1v) is 9.55. The zero-order chi connectivity index (χ0) is 16.7. The molecule has 2 aromatic rings. The molecule has 5 rings (SSSR count). The molecular weight excluding hydrogens is 314 g/mol. The molecule has 3 atom stereocenters. The van der Waals surface area contributed by atoms with Crippen LogP contribution in [0.3, 0.4) is 0 Å². The SMILES string of the molecule is c1ccc(CN2C[C@H]3CCC[C@@]3(c3nc([C@@H]4CCCO4)no3)C2)cc1. The second-order valence-corrected chi connectivity index (χ2v) is 7.86. The van der Waals surface area contributed by atoms with Crippen molar-refractivity contribution in [3.8, 4) is 0 Å². The van der Waals surface area contributed by atoms with E-state index in [4.69, 9.17) is 14.2 Å². The molecule has 2 aliphatic heterocycles. The topological polar surface area (TPSA) is 51.4 Å². The highest BCUT2D eigenvalue weighted by Crippen LogP contribution is 2.50. The number of aromatic nitrogens is 2. The predicted molar refractivity (Wildman–Crippen MR) is 93.0 cm³/mol. The first kappa shape index (κ1) is 15.5. The summed E-state index contributed by atoms with van der Waals surface area (Å²) in [5, 5.41) is 4.28. The number of ether oxygens (including phenoxy) is 1. The van der Waals surface area contributed by atoms with Crippen LogP contribution in [-0.4, -0.2) is 34.7 Å². The van der Waals surface area contributed by atoms with Gasteiger partial charge in [-0.05, 0) is 37.2 Å². The van der Waals surface area contributed by atoms with E-state index in [0.717, 1.165) is 57.2 Å². The summed E-state index contributed by atoms with van der Waals surface area (Å²) < 4.78 is 11.5. The molecule has 0 spiro atoms. The Labute approximate surface area is 148 Å². The summed E-state index contributed by atoms with van der Waals surface area (Å²) in [6, 6.07) is 10.7. The Morgan fingerprint density at radius 3 is 2.92 bits per heavy atom. The average molecular weight is 339 g/mol. The van der Waals surface area contributed by atoms with Gasteiger partial charge in [0.1, 0.15) is 6.10 Å². The molecule has 1 aromatic carbocycles. The quantitative estimate of drug-likeness (QED) is 0.854. The van der Waals surface area contributed by atoms with E-state index in [9.17, 15) is 0 Å². The van der Waals surface area contributed by atoms with Crippen molar-refractivity contribution < 1.29 is 9.26 Å². The van der Waals surface area contributed by atoms with Gasteiger partial charge >= 0.3 is 0 Å². The zero-order valence-electron chi connectivity index (χ0n) is 14.6. The largest absolute Gasteiger partial charge is 0.370 e. The molecule has 1 aromatic heterocycles. The lowest BCUT2D eigenvalue weighted by Crippen LogP contribution is -2.32. The van der Waals surface area contributed by atoms with Gasteiger partial charge in [-0.3, -0.25) is 4.90 Å². The van der Waals surface area contributed by atoms with Crippen molar-refractivity contribution in [2.45, 2.75) is 50.2 Å². The Morgan fingerprint density at radius 2 is 2.08 bits per heavy atom. The lowest BCUT2D eigenvalue weighted by atomic mass is 9.80. The minimum Gasteiger partial charge on any atom is -0.370 e. The molecule has 0 unspecified atom stereocenters. The van der Waals surface area contributed by atoms with Crippen LogP contribution in [0.5, 0.6) is 0 Å². The molecule has 2 saturated heterocycles. The number of fused-ring (bicyclic) bond motifs is 1. The molecule has 5 heteroatoms. The van der Waals surface area contributed by atoms with E-state index in [2.05, 4.69) is 40.4 Å². The molecule has 25 heavy (non-hydrogen) atoms. The third kappa shape index (κ3) is 2.70. The zero-order valence-corrected chi connectivity index (χ0v) is 14.6. The van der Waals surface area contributed by atoms with Crippen LogP contribution < -0.4 is 0 Å². The minimum absolute atomic E-state index is 0.0376. The predicted octanol–water partition coefficient (Wildman–Crippen LogP) is 3.47. The van der Waals surface area contributed by atoms with Gasteiger partial charge in [0.15, 0.2) is 0 Å². The fourth-order valence-electron chi connectivity index (χ4n) is 5.05. The molecule has 3 fully saturated rings. The van der Waals surface area contributed by atoms with Gasteiger partial charge in [0.25, 0.3) is 0 Å². The van der Waals surface area contributed by atoms with E-state index < -0.39 is 0 Å². The smallest absolute Gasteiger partial charge is 0.234 e. The highest BCUT2D eigenvalue weighted by Gasteiger charge is 2.54. The Morgan fingerprint density at radius 1 is 1.16 bits per heavy atom. The summed E-state index contributed by atoms with van der Waals surface area (Å²) in [5.41, 5.74) is 1.43. The number of likely N-dealkylation sites (tertiary alicyclic amines) is 1. The number of hydrogen-bond acceptors (Lipinski definition) is 5. The van der Waals surface area contributed by atoms with Gasteiger partial charge in [-0.25, -0.2) is 0 Å². The van der Waals surface area contributed by atoms with Gasteiger partial charge in [0, 0.05) is 26.2 Å². The summed E-state index contributed by atoms with van der Waals surface area (Å²) in [6.07, 6.45) is 5.83. The molecular formula is C20H25N3O2. The van der Waals surface area contributed by atoms with Crippen molar-refractivity contribution in [3.05, 3.63) is 47.6 Å². The lowest BCUT2D eigenvalue weighted by molar-refractivity contribution is 0.103. The first-order valence-electron chi connectivity index (χ1n) is 9.55. The normalized spacial score (nSPS) is 32.3. The summed E-state index contributed by atoms with van der Waals surface area (Å²) >= 11 is 0. The minimum atomic E-state index is 0.0376. The molecule has 3 heterocycles. The molecule has 0 radical (unpaired) electrons. The third-order valence-electron chi connectivity index (χ3n) is 6.28. The number of benzene rings is 1. The molecule has 0 N–H and O–H groups in total. The number of rotatable bonds is 4. The van der Waals surface area contributed by atoms with E-state index in [1.807, 2.05) is 0 Å². The van der Waals surface area contributed by atoms with Crippen LogP contribution in [0.15, 0.2) is 34.9 Å². The van der Waals surface area contributed by atoms with Crippen molar-refractivity contribution in [2.24, 2.45) is 5.92 Å². The van der Waals surface area contributed by atoms with E-state index in [-0.39, 0.29) is 11.5 Å². The van der Waals surface area contributed by atoms with Crippen molar-refractivity contribution in [2.75, 3.05) is 19.7 Å². The van der Waals surface area contributed by atoms with Crippen molar-refractivity contribution >= 4 is 0 Å². The van der Waals surface area contributed by atoms with Gasteiger partial charge in [0.2, 0.25) is 11.7 Å². The fraction of sp³-hybridized carbons (Fsp3) is 0.600. The van der Waals surface area contributed by atoms with Crippen molar-refractivity contribution in [1.29, 1.82) is 0 Å². The fourth-order valence-corrected chi connectivity index (χ4v) is 5.05. The maximum atomic E-state index is 5.80. The average Bonchev–Trinajstić information content (AvgIpc) is 3.38. The molecule has 0 bridgehead atoms. The van der Waals surface area contributed by atoms with Gasteiger partial charge in [-0.2, -0.15) is 4.98 Å². The molecule has 0 amide bonds. The molecule has 1 saturated carbocycles. The number of nitrogens with zero attached hydrogens (tertiary/aromatic N) is 3. The lowest BCUT2D eigenvalue weighted by Gasteiger charge is -2.24. The van der Waals surface area contributed by atoms with E-state index in [1.54, 1.807) is 0 Å². The standard InChI is InChI=1S/C20H25N3O2/c1-2-6-15(7-3-1)12-23-13-16-8-4-10-20(16,14-23)19-21-18(22-25-19)17-9-5-11-24-17/h1-3,6-7,16-17H,4-5,8-14H2/t16-,17+,20-/m1/s1. The maximum Gasteiger partial charge on any atom is 0.234 e. The van der Waals surface area contributed by atoms with E-state index >= 15 is 0 Å². The van der Waals surface area contributed by atoms with Crippen LogP contribution in [-0.2, 0) is 16.7 Å². The van der Waals surface area contributed by atoms with E-state index in [1.165, 1.54) is 18.4 Å². The van der Waals surface area contributed by atoms with Crippen LogP contribution >= 0.6 is 0 Å². The summed E-state index contributed by atoms with van der Waals surface area (Å²) in [5.74, 6) is 2.25. The van der Waals surface area contributed by atoms with Crippen LogP contribution in [0.2, 0.25) is 0 Å². The summed E-state index contributed by atoms with van der Waals surface area (Å²) in [4.78, 5) is 7.38. The molecule has 3 aliphatic rings. The van der Waals surface area contributed by atoms with Crippen LogP contribution in [0.1, 0.15) is 55.5 Å². The maximum absolute atomic E-state index is 5.80. The summed E-state index contributed by atoms with van der Waals surface area (Å²) in [7, 11) is 0. The van der Waals surface area contributed by atoms with Crippen LogP contribution in [0.4, 0.5) is 0 Å². The Hall–Kier alpha value is -1.72. The van der Waals surface area contributed by atoms with Gasteiger partial charge in [-0.1, -0.05) is 41.9 Å².